The van der Waals surface area contributed by atoms with Crippen LogP contribution in [0.2, 0.25) is 0 Å². The summed E-state index contributed by atoms with van der Waals surface area (Å²) < 4.78 is 23.2. The summed E-state index contributed by atoms with van der Waals surface area (Å²) in [5, 5.41) is 8.57. The molecule has 0 saturated heterocycles. The first-order valence-corrected chi connectivity index (χ1v) is 5.79. The molecule has 0 N–H and O–H groups in total. The maximum Gasteiger partial charge on any atom is 0.179 e. The first-order chi connectivity index (χ1) is 6.49. The fourth-order valence-electron chi connectivity index (χ4n) is 0.933. The van der Waals surface area contributed by atoms with Gasteiger partial charge in [-0.3, -0.25) is 0 Å². The monoisotopic (exact) mass is 211 g/mol. The van der Waals surface area contributed by atoms with Gasteiger partial charge >= 0.3 is 0 Å². The van der Waals surface area contributed by atoms with Crippen LogP contribution in [-0.4, -0.2) is 14.2 Å². The zero-order valence-electron chi connectivity index (χ0n) is 8.16. The van der Waals surface area contributed by atoms with E-state index in [9.17, 15) is 8.42 Å². The van der Waals surface area contributed by atoms with Crippen molar-refractivity contribution >= 4 is 9.84 Å². The Morgan fingerprint density at radius 1 is 1.57 bits per heavy atom. The third-order valence-corrected chi connectivity index (χ3v) is 3.51. The van der Waals surface area contributed by atoms with Crippen molar-refractivity contribution in [3.8, 4) is 6.07 Å². The summed E-state index contributed by atoms with van der Waals surface area (Å²) in [7, 11) is -3.38. The summed E-state index contributed by atoms with van der Waals surface area (Å²) in [5.41, 5.74) is -0.0432. The summed E-state index contributed by atoms with van der Waals surface area (Å²) in [6.45, 7) is 8.55. The Morgan fingerprint density at radius 3 is 2.50 bits per heavy atom. The van der Waals surface area contributed by atoms with Crippen molar-refractivity contribution in [3.05, 3.63) is 35.8 Å². The lowest BCUT2D eigenvalue weighted by atomic mass is 10.3. The van der Waals surface area contributed by atoms with E-state index in [1.807, 2.05) is 0 Å². The van der Waals surface area contributed by atoms with Crippen molar-refractivity contribution in [1.29, 1.82) is 5.26 Å². The van der Waals surface area contributed by atoms with E-state index < -0.39 is 9.84 Å². The third-order valence-electron chi connectivity index (χ3n) is 1.51. The second-order valence-electron chi connectivity index (χ2n) is 2.68. The molecule has 14 heavy (non-hydrogen) atoms. The number of rotatable bonds is 5. The molecule has 4 heteroatoms. The standard InChI is InChI=1S/C10H13NO2S/c1-4-6-10(9(3)8-11)14(12,13)7-5-2/h4,6H,1,3,5,7H2,2H3/b10-6+. The van der Waals surface area contributed by atoms with Crippen LogP contribution in [-0.2, 0) is 9.84 Å². The van der Waals surface area contributed by atoms with E-state index >= 15 is 0 Å². The molecule has 0 amide bonds. The number of hydrogen-bond acceptors (Lipinski definition) is 3. The van der Waals surface area contributed by atoms with Gasteiger partial charge in [-0.2, -0.15) is 5.26 Å². The molecular formula is C10H13NO2S. The van der Waals surface area contributed by atoms with E-state index in [0.717, 1.165) is 0 Å². The zero-order valence-corrected chi connectivity index (χ0v) is 8.97. The lowest BCUT2D eigenvalue weighted by Gasteiger charge is -2.04. The molecule has 0 aromatic rings. The molecule has 0 saturated carbocycles. The van der Waals surface area contributed by atoms with Crippen LogP contribution in [0.3, 0.4) is 0 Å². The van der Waals surface area contributed by atoms with Crippen LogP contribution >= 0.6 is 0 Å². The molecule has 0 heterocycles. The van der Waals surface area contributed by atoms with Crippen LogP contribution in [0.4, 0.5) is 0 Å². The molecule has 0 radical (unpaired) electrons. The SMILES string of the molecule is C=C/C=C(\C(=C)C#N)S(=O)(=O)CCC. The smallest absolute Gasteiger partial charge is 0.179 e. The molecule has 0 rings (SSSR count). The first kappa shape index (κ1) is 12.7. The Hall–Kier alpha value is -1.34. The van der Waals surface area contributed by atoms with E-state index in [0.29, 0.717) is 6.42 Å². The average Bonchev–Trinajstić information content (AvgIpc) is 2.12. The predicted molar refractivity (Wildman–Crippen MR) is 57.1 cm³/mol. The van der Waals surface area contributed by atoms with Gasteiger partial charge in [0.2, 0.25) is 0 Å². The summed E-state index contributed by atoms with van der Waals surface area (Å²) >= 11 is 0. The highest BCUT2D eigenvalue weighted by Gasteiger charge is 2.18. The Bertz CT molecular complexity index is 396. The second kappa shape index (κ2) is 5.40. The van der Waals surface area contributed by atoms with Gasteiger partial charge in [-0.1, -0.05) is 26.2 Å². The molecular weight excluding hydrogens is 198 g/mol. The van der Waals surface area contributed by atoms with Crippen molar-refractivity contribution < 1.29 is 8.42 Å². The summed E-state index contributed by atoms with van der Waals surface area (Å²) in [5.74, 6) is 0.0212. The Kier molecular flexibility index (Phi) is 4.89. The Balaban J connectivity index is 5.27. The molecule has 76 valence electrons. The maximum absolute atomic E-state index is 11.6. The minimum absolute atomic E-state index is 0.0212. The minimum Gasteiger partial charge on any atom is -0.224 e. The number of nitriles is 1. The van der Waals surface area contributed by atoms with Crippen LogP contribution in [0.1, 0.15) is 13.3 Å². The predicted octanol–water partition coefficient (Wildman–Crippen LogP) is 1.96. The molecule has 0 atom stereocenters. The van der Waals surface area contributed by atoms with Gasteiger partial charge in [0, 0.05) is 0 Å². The molecule has 3 nitrogen and oxygen atoms in total. The Morgan fingerprint density at radius 2 is 2.14 bits per heavy atom. The van der Waals surface area contributed by atoms with E-state index in [1.165, 1.54) is 12.2 Å². The highest BCUT2D eigenvalue weighted by molar-refractivity contribution is 7.95. The highest BCUT2D eigenvalue weighted by Crippen LogP contribution is 2.16. The van der Waals surface area contributed by atoms with Gasteiger partial charge in [0.25, 0.3) is 0 Å². The van der Waals surface area contributed by atoms with Gasteiger partial charge in [0.1, 0.15) is 0 Å². The van der Waals surface area contributed by atoms with Crippen LogP contribution in [0.5, 0.6) is 0 Å². The fourth-order valence-corrected chi connectivity index (χ4v) is 2.41. The molecule has 0 bridgehead atoms. The van der Waals surface area contributed by atoms with Crippen LogP contribution < -0.4 is 0 Å². The molecule has 0 aromatic heterocycles. The molecule has 0 aliphatic heterocycles. The third kappa shape index (κ3) is 3.19. The number of allylic oxidation sites excluding steroid dienone is 3. The van der Waals surface area contributed by atoms with Gasteiger partial charge in [-0.15, -0.1) is 0 Å². The van der Waals surface area contributed by atoms with Crippen LogP contribution in [0.15, 0.2) is 35.8 Å². The largest absolute Gasteiger partial charge is 0.224 e. The second-order valence-corrected chi connectivity index (χ2v) is 4.75. The molecule has 0 fully saturated rings. The van der Waals surface area contributed by atoms with E-state index in [1.54, 1.807) is 13.0 Å². The summed E-state index contributed by atoms with van der Waals surface area (Å²) in [4.78, 5) is -0.0307. The number of sulfone groups is 1. The van der Waals surface area contributed by atoms with Crippen molar-refractivity contribution in [1.82, 2.24) is 0 Å². The van der Waals surface area contributed by atoms with Gasteiger partial charge in [-0.25, -0.2) is 8.42 Å². The minimum atomic E-state index is -3.38. The van der Waals surface area contributed by atoms with Crippen molar-refractivity contribution in [3.63, 3.8) is 0 Å². The summed E-state index contributed by atoms with van der Waals surface area (Å²) in [6.07, 6.45) is 3.15. The average molecular weight is 211 g/mol. The maximum atomic E-state index is 11.6. The lowest BCUT2D eigenvalue weighted by molar-refractivity contribution is 0.601. The van der Waals surface area contributed by atoms with Crippen LogP contribution in [0.25, 0.3) is 0 Å². The molecule has 0 unspecified atom stereocenters. The van der Waals surface area contributed by atoms with Gasteiger partial charge in [0.05, 0.1) is 22.3 Å². The number of hydrogen-bond donors (Lipinski definition) is 0. The highest BCUT2D eigenvalue weighted by atomic mass is 32.2. The summed E-state index contributed by atoms with van der Waals surface area (Å²) in [6, 6.07) is 1.72. The van der Waals surface area contributed by atoms with E-state index in [2.05, 4.69) is 13.2 Å². The van der Waals surface area contributed by atoms with Gasteiger partial charge in [0.15, 0.2) is 9.84 Å². The van der Waals surface area contributed by atoms with Crippen molar-refractivity contribution in [2.24, 2.45) is 0 Å². The van der Waals surface area contributed by atoms with Crippen molar-refractivity contribution in [2.45, 2.75) is 13.3 Å². The number of nitrogens with zero attached hydrogens (tertiary/aromatic N) is 1. The first-order valence-electron chi connectivity index (χ1n) is 4.14. The molecule has 0 aliphatic rings. The molecule has 0 aromatic carbocycles. The zero-order chi connectivity index (χ0) is 11.2. The van der Waals surface area contributed by atoms with E-state index in [-0.39, 0.29) is 16.2 Å². The van der Waals surface area contributed by atoms with E-state index in [4.69, 9.17) is 5.26 Å². The topological polar surface area (TPSA) is 57.9 Å². The molecule has 0 spiro atoms. The molecule has 0 aliphatic carbocycles. The lowest BCUT2D eigenvalue weighted by Crippen LogP contribution is -2.09. The van der Waals surface area contributed by atoms with Crippen molar-refractivity contribution in [2.75, 3.05) is 5.75 Å². The normalized spacial score (nSPS) is 11.9. The van der Waals surface area contributed by atoms with Crippen LogP contribution in [0, 0.1) is 11.3 Å². The Labute approximate surface area is 85.0 Å². The fraction of sp³-hybridized carbons (Fsp3) is 0.300. The quantitative estimate of drug-likeness (QED) is 0.516. The van der Waals surface area contributed by atoms with Gasteiger partial charge in [-0.05, 0) is 12.5 Å². The van der Waals surface area contributed by atoms with Gasteiger partial charge < -0.3 is 0 Å².